The van der Waals surface area contributed by atoms with E-state index in [9.17, 15) is 10.1 Å². The molecular weight excluding hydrogens is 580 g/mol. The smallest absolute Gasteiger partial charge is 0.278 e. The number of rotatable bonds is 10. The highest BCUT2D eigenvalue weighted by molar-refractivity contribution is 9.11. The van der Waals surface area contributed by atoms with Gasteiger partial charge in [-0.3, -0.25) is 4.79 Å². The molecule has 1 heterocycles. The Balaban J connectivity index is 1.58. The predicted octanol–water partition coefficient (Wildman–Crippen LogP) is 5.04. The Morgan fingerprint density at radius 1 is 1.14 bits per heavy atom. The molecule has 0 spiro atoms. The van der Waals surface area contributed by atoms with Crippen molar-refractivity contribution in [3.05, 3.63) is 85.4 Å². The first kappa shape index (κ1) is 26.3. The number of pyridine rings is 1. The molecule has 0 atom stereocenters. The van der Waals surface area contributed by atoms with Crippen molar-refractivity contribution in [1.29, 1.82) is 5.26 Å². The minimum Gasteiger partial charge on any atom is -0.487 e. The van der Waals surface area contributed by atoms with Crippen molar-refractivity contribution in [2.24, 2.45) is 5.10 Å². The van der Waals surface area contributed by atoms with Gasteiger partial charge in [0, 0.05) is 18.4 Å². The number of halogens is 2. The number of hydrogen-bond donors (Lipinski definition) is 1. The minimum atomic E-state index is -0.498. The van der Waals surface area contributed by atoms with E-state index in [-0.39, 0.29) is 24.7 Å². The van der Waals surface area contributed by atoms with Crippen LogP contribution in [-0.4, -0.2) is 30.8 Å². The van der Waals surface area contributed by atoms with Gasteiger partial charge in [-0.25, -0.2) is 10.4 Å². The number of nitrogens with one attached hydrogen (secondary N) is 1. The van der Waals surface area contributed by atoms with Gasteiger partial charge in [0.15, 0.2) is 6.61 Å². The highest BCUT2D eigenvalue weighted by Gasteiger charge is 2.14. The third-order valence-electron chi connectivity index (χ3n) is 4.60. The van der Waals surface area contributed by atoms with E-state index in [1.165, 1.54) is 13.3 Å². The fourth-order valence-electron chi connectivity index (χ4n) is 3.07. The lowest BCUT2D eigenvalue weighted by atomic mass is 10.1. The molecule has 3 rings (SSSR count). The second kappa shape index (κ2) is 13.0. The number of aromatic nitrogens is 1. The molecule has 0 saturated carbocycles. The van der Waals surface area contributed by atoms with Crippen molar-refractivity contribution in [1.82, 2.24) is 10.4 Å². The Labute approximate surface area is 220 Å². The summed E-state index contributed by atoms with van der Waals surface area (Å²) in [5.74, 6) is 0.246. The molecule has 0 fully saturated rings. The van der Waals surface area contributed by atoms with Crippen LogP contribution in [-0.2, 0) is 22.7 Å². The van der Waals surface area contributed by atoms with Crippen LogP contribution in [0.15, 0.2) is 62.6 Å². The van der Waals surface area contributed by atoms with Crippen molar-refractivity contribution in [3.63, 3.8) is 0 Å². The molecule has 2 aromatic carbocycles. The van der Waals surface area contributed by atoms with Gasteiger partial charge in [0.25, 0.3) is 5.91 Å². The molecular formula is C25H22Br2N4O4. The summed E-state index contributed by atoms with van der Waals surface area (Å²) in [6, 6.07) is 17.3. The van der Waals surface area contributed by atoms with Crippen molar-refractivity contribution in [2.45, 2.75) is 20.1 Å². The highest BCUT2D eigenvalue weighted by Crippen LogP contribution is 2.35. The summed E-state index contributed by atoms with van der Waals surface area (Å²) < 4.78 is 18.0. The van der Waals surface area contributed by atoms with Gasteiger partial charge < -0.3 is 14.2 Å². The maximum absolute atomic E-state index is 12.2. The molecule has 0 aliphatic rings. The van der Waals surface area contributed by atoms with Gasteiger partial charge in [-0.1, -0.05) is 30.3 Å². The van der Waals surface area contributed by atoms with Crippen molar-refractivity contribution in [3.8, 4) is 17.7 Å². The number of amides is 1. The maximum Gasteiger partial charge on any atom is 0.278 e. The van der Waals surface area contributed by atoms with Crippen LogP contribution in [0, 0.1) is 18.3 Å². The maximum atomic E-state index is 12.2. The van der Waals surface area contributed by atoms with E-state index in [2.05, 4.69) is 47.4 Å². The van der Waals surface area contributed by atoms with Crippen LogP contribution in [0.4, 0.5) is 0 Å². The number of carbonyl (C=O) groups excluding carboxylic acids is 1. The number of hydrazone groups is 1. The summed E-state index contributed by atoms with van der Waals surface area (Å²) in [6.07, 6.45) is 1.50. The summed E-state index contributed by atoms with van der Waals surface area (Å²) in [5, 5.41) is 13.4. The first-order valence-corrected chi connectivity index (χ1v) is 12.0. The second-order valence-corrected chi connectivity index (χ2v) is 9.03. The van der Waals surface area contributed by atoms with E-state index in [0.29, 0.717) is 23.6 Å². The Kier molecular flexibility index (Phi) is 9.78. The predicted molar refractivity (Wildman–Crippen MR) is 138 cm³/mol. The summed E-state index contributed by atoms with van der Waals surface area (Å²) in [7, 11) is 1.53. The molecule has 1 amide bonds. The third kappa shape index (κ3) is 7.62. The van der Waals surface area contributed by atoms with Gasteiger partial charge >= 0.3 is 0 Å². The Bertz CT molecular complexity index is 1240. The number of hydrogen-bond acceptors (Lipinski definition) is 7. The van der Waals surface area contributed by atoms with E-state index in [1.54, 1.807) is 13.0 Å². The summed E-state index contributed by atoms with van der Waals surface area (Å²) >= 11 is 7.03. The Morgan fingerprint density at radius 2 is 1.86 bits per heavy atom. The number of nitriles is 1. The SMILES string of the molecule is COCc1cc(C)nc(OCC(=O)NN=Cc2cc(Br)c(OCc3ccccc3)c(Br)c2)c1C#N. The minimum absolute atomic E-state index is 0.0811. The highest BCUT2D eigenvalue weighted by atomic mass is 79.9. The van der Waals surface area contributed by atoms with Crippen LogP contribution in [0.1, 0.15) is 27.9 Å². The lowest BCUT2D eigenvalue weighted by Gasteiger charge is -2.11. The molecule has 0 aliphatic heterocycles. The topological polar surface area (TPSA) is 106 Å². The lowest BCUT2D eigenvalue weighted by Crippen LogP contribution is -2.25. The van der Waals surface area contributed by atoms with E-state index >= 15 is 0 Å². The van der Waals surface area contributed by atoms with Crippen LogP contribution in [0.5, 0.6) is 11.6 Å². The van der Waals surface area contributed by atoms with E-state index in [0.717, 1.165) is 20.1 Å². The zero-order valence-corrected chi connectivity index (χ0v) is 22.2. The number of benzene rings is 2. The Morgan fingerprint density at radius 3 is 2.51 bits per heavy atom. The largest absolute Gasteiger partial charge is 0.487 e. The van der Waals surface area contributed by atoms with E-state index in [1.807, 2.05) is 48.5 Å². The summed E-state index contributed by atoms with van der Waals surface area (Å²) in [6.45, 7) is 2.08. The van der Waals surface area contributed by atoms with Crippen LogP contribution < -0.4 is 14.9 Å². The fraction of sp³-hybridized carbons (Fsp3) is 0.200. The molecule has 0 aliphatic carbocycles. The van der Waals surface area contributed by atoms with Crippen LogP contribution in [0.25, 0.3) is 0 Å². The Hall–Kier alpha value is -3.26. The molecule has 1 N–H and O–H groups in total. The van der Waals surface area contributed by atoms with Gasteiger partial charge in [-0.15, -0.1) is 0 Å². The number of ether oxygens (including phenoxy) is 3. The summed E-state index contributed by atoms with van der Waals surface area (Å²) in [4.78, 5) is 16.4. The molecule has 0 unspecified atom stereocenters. The van der Waals surface area contributed by atoms with Gasteiger partial charge in [0.05, 0.1) is 21.8 Å². The van der Waals surface area contributed by atoms with E-state index in [4.69, 9.17) is 14.2 Å². The summed E-state index contributed by atoms with van der Waals surface area (Å²) in [5.41, 5.74) is 5.71. The molecule has 0 saturated heterocycles. The van der Waals surface area contributed by atoms with Crippen molar-refractivity contribution < 1.29 is 19.0 Å². The molecule has 8 nitrogen and oxygen atoms in total. The number of carbonyl (C=O) groups is 1. The quantitative estimate of drug-likeness (QED) is 0.258. The van der Waals surface area contributed by atoms with E-state index < -0.39 is 5.91 Å². The van der Waals surface area contributed by atoms with Crippen molar-refractivity contribution in [2.75, 3.05) is 13.7 Å². The zero-order chi connectivity index (χ0) is 25.2. The lowest BCUT2D eigenvalue weighted by molar-refractivity contribution is -0.123. The average molecular weight is 602 g/mol. The number of nitrogens with zero attached hydrogens (tertiary/aromatic N) is 3. The fourth-order valence-corrected chi connectivity index (χ4v) is 4.52. The first-order valence-electron chi connectivity index (χ1n) is 10.4. The van der Waals surface area contributed by atoms with Gasteiger partial charge in [-0.05, 0) is 68.1 Å². The molecule has 3 aromatic rings. The molecule has 10 heteroatoms. The molecule has 0 radical (unpaired) electrons. The second-order valence-electron chi connectivity index (χ2n) is 7.32. The standard InChI is InChI=1S/C25H22Br2N4O4/c1-16-8-19(14-33-2)20(11-28)25(30-16)35-15-23(32)31-29-12-18-9-21(26)24(22(27)10-18)34-13-17-6-4-3-5-7-17/h3-10,12H,13-15H2,1-2H3,(H,31,32). The average Bonchev–Trinajstić information content (AvgIpc) is 2.83. The van der Waals surface area contributed by atoms with Gasteiger partial charge in [0.2, 0.25) is 5.88 Å². The first-order chi connectivity index (χ1) is 16.9. The monoisotopic (exact) mass is 600 g/mol. The normalized spacial score (nSPS) is 10.7. The molecule has 1 aromatic heterocycles. The molecule has 35 heavy (non-hydrogen) atoms. The molecule has 180 valence electrons. The third-order valence-corrected chi connectivity index (χ3v) is 5.78. The van der Waals surface area contributed by atoms with Crippen molar-refractivity contribution >= 4 is 44.0 Å². The molecule has 0 bridgehead atoms. The van der Waals surface area contributed by atoms with Gasteiger partial charge in [-0.2, -0.15) is 10.4 Å². The zero-order valence-electron chi connectivity index (χ0n) is 19.0. The van der Waals surface area contributed by atoms with Crippen LogP contribution >= 0.6 is 31.9 Å². The van der Waals surface area contributed by atoms with Gasteiger partial charge in [0.1, 0.15) is 24.0 Å². The van der Waals surface area contributed by atoms with Crippen LogP contribution in [0.2, 0.25) is 0 Å². The number of aryl methyl sites for hydroxylation is 1. The number of methoxy groups -OCH3 is 1. The van der Waals surface area contributed by atoms with Crippen LogP contribution in [0.3, 0.4) is 0 Å².